The number of halogens is 2. The van der Waals surface area contributed by atoms with Gasteiger partial charge in [0, 0.05) is 28.6 Å². The van der Waals surface area contributed by atoms with E-state index in [1.807, 2.05) is 6.07 Å². The third-order valence-electron chi connectivity index (χ3n) is 3.00. The minimum Gasteiger partial charge on any atom is -0.333 e. The fourth-order valence-corrected chi connectivity index (χ4v) is 3.11. The van der Waals surface area contributed by atoms with E-state index in [0.29, 0.717) is 18.8 Å². The molecule has 1 fully saturated rings. The van der Waals surface area contributed by atoms with E-state index in [2.05, 4.69) is 42.5 Å². The number of carbonyl (C=O) groups is 2. The first-order valence-corrected chi connectivity index (χ1v) is 7.92. The van der Waals surface area contributed by atoms with Gasteiger partial charge in [-0.3, -0.25) is 9.59 Å². The summed E-state index contributed by atoms with van der Waals surface area (Å²) < 4.78 is 1.62. The molecular weight excluding hydrogens is 390 g/mol. The first-order valence-electron chi connectivity index (χ1n) is 6.34. The maximum atomic E-state index is 12.1. The van der Waals surface area contributed by atoms with Gasteiger partial charge in [-0.2, -0.15) is 0 Å². The minimum atomic E-state index is -0.602. The van der Waals surface area contributed by atoms with Gasteiger partial charge in [-0.15, -0.1) is 0 Å². The number of rotatable bonds is 1. The molecule has 1 aliphatic rings. The second kappa shape index (κ2) is 7.19. The molecule has 0 saturated carbocycles. The summed E-state index contributed by atoms with van der Waals surface area (Å²) >= 11 is 6.69. The quantitative estimate of drug-likeness (QED) is 0.703. The Morgan fingerprint density at radius 1 is 1.20 bits per heavy atom. The molecule has 2 rings (SSSR count). The van der Waals surface area contributed by atoms with Crippen LogP contribution < -0.4 is 10.6 Å². The molecule has 20 heavy (non-hydrogen) atoms. The van der Waals surface area contributed by atoms with Crippen LogP contribution >= 0.6 is 31.9 Å². The number of carbonyl (C=O) groups excluding carboxylic acids is 2. The van der Waals surface area contributed by atoms with E-state index in [9.17, 15) is 9.59 Å². The van der Waals surface area contributed by atoms with Gasteiger partial charge in [0.2, 0.25) is 0 Å². The van der Waals surface area contributed by atoms with Crippen LogP contribution in [0.1, 0.15) is 6.42 Å². The molecule has 2 N–H and O–H groups in total. The summed E-state index contributed by atoms with van der Waals surface area (Å²) in [5.41, 5.74) is 0.583. The second-order valence-corrected chi connectivity index (χ2v) is 6.24. The molecule has 0 aromatic heterocycles. The van der Waals surface area contributed by atoms with E-state index >= 15 is 0 Å². The molecule has 108 valence electrons. The van der Waals surface area contributed by atoms with Crippen LogP contribution in [-0.2, 0) is 9.59 Å². The molecular formula is C13H15Br2N3O2. The number of hydrogen-bond donors (Lipinski definition) is 2. The first kappa shape index (κ1) is 15.5. The minimum absolute atomic E-state index is 0.483. The maximum Gasteiger partial charge on any atom is 0.313 e. The standard InChI is InChI=1S/C13H15Br2N3O2/c14-9-2-3-11(10(15)8-9)17-12(19)13(20)18-6-1-4-16-5-7-18/h2-3,8,16H,1,4-7H2,(H,17,19). The van der Waals surface area contributed by atoms with Crippen molar-refractivity contribution in [2.45, 2.75) is 6.42 Å². The van der Waals surface area contributed by atoms with Crippen molar-refractivity contribution in [2.75, 3.05) is 31.5 Å². The third kappa shape index (κ3) is 4.04. The summed E-state index contributed by atoms with van der Waals surface area (Å²) in [5, 5.41) is 5.83. The van der Waals surface area contributed by atoms with E-state index in [1.54, 1.807) is 17.0 Å². The van der Waals surface area contributed by atoms with Crippen LogP contribution in [0, 0.1) is 0 Å². The highest BCUT2D eigenvalue weighted by molar-refractivity contribution is 9.11. The smallest absolute Gasteiger partial charge is 0.313 e. The zero-order valence-corrected chi connectivity index (χ0v) is 14.0. The van der Waals surface area contributed by atoms with Crippen LogP contribution in [0.5, 0.6) is 0 Å². The van der Waals surface area contributed by atoms with E-state index < -0.39 is 11.8 Å². The lowest BCUT2D eigenvalue weighted by molar-refractivity contribution is -0.143. The number of anilines is 1. The zero-order valence-electron chi connectivity index (χ0n) is 10.8. The Labute approximate surface area is 134 Å². The van der Waals surface area contributed by atoms with Crippen LogP contribution in [0.15, 0.2) is 27.1 Å². The lowest BCUT2D eigenvalue weighted by atomic mass is 10.3. The van der Waals surface area contributed by atoms with Crippen LogP contribution in [0.2, 0.25) is 0 Å². The fourth-order valence-electron chi connectivity index (χ4n) is 1.96. The lowest BCUT2D eigenvalue weighted by Crippen LogP contribution is -2.41. The van der Waals surface area contributed by atoms with Gasteiger partial charge in [0.15, 0.2) is 0 Å². The number of benzene rings is 1. The van der Waals surface area contributed by atoms with Gasteiger partial charge < -0.3 is 15.5 Å². The predicted molar refractivity (Wildman–Crippen MR) is 84.5 cm³/mol. The molecule has 1 saturated heterocycles. The van der Waals surface area contributed by atoms with Crippen LogP contribution in [0.25, 0.3) is 0 Å². The van der Waals surface area contributed by atoms with Crippen molar-refractivity contribution in [3.8, 4) is 0 Å². The van der Waals surface area contributed by atoms with Crippen molar-refractivity contribution in [1.82, 2.24) is 10.2 Å². The number of hydrogen-bond acceptors (Lipinski definition) is 3. The predicted octanol–water partition coefficient (Wildman–Crippen LogP) is 1.97. The van der Waals surface area contributed by atoms with Gasteiger partial charge in [0.1, 0.15) is 0 Å². The van der Waals surface area contributed by atoms with Crippen molar-refractivity contribution in [1.29, 1.82) is 0 Å². The monoisotopic (exact) mass is 403 g/mol. The van der Waals surface area contributed by atoms with Crippen molar-refractivity contribution >= 4 is 49.4 Å². The highest BCUT2D eigenvalue weighted by atomic mass is 79.9. The molecule has 1 heterocycles. The van der Waals surface area contributed by atoms with Crippen LogP contribution in [0.4, 0.5) is 5.69 Å². The molecule has 1 aromatic carbocycles. The largest absolute Gasteiger partial charge is 0.333 e. The SMILES string of the molecule is O=C(Nc1ccc(Br)cc1Br)C(=O)N1CCCNCC1. The number of nitrogens with one attached hydrogen (secondary N) is 2. The Bertz CT molecular complexity index is 514. The van der Waals surface area contributed by atoms with Gasteiger partial charge >= 0.3 is 11.8 Å². The molecule has 0 bridgehead atoms. The average Bonchev–Trinajstić information content (AvgIpc) is 2.70. The average molecular weight is 405 g/mol. The lowest BCUT2D eigenvalue weighted by Gasteiger charge is -2.19. The highest BCUT2D eigenvalue weighted by Crippen LogP contribution is 2.26. The summed E-state index contributed by atoms with van der Waals surface area (Å²) in [4.78, 5) is 25.7. The van der Waals surface area contributed by atoms with Crippen molar-refractivity contribution in [3.05, 3.63) is 27.1 Å². The Balaban J connectivity index is 2.01. The molecule has 5 nitrogen and oxygen atoms in total. The molecule has 7 heteroatoms. The van der Waals surface area contributed by atoms with Crippen LogP contribution in [-0.4, -0.2) is 42.9 Å². The van der Waals surface area contributed by atoms with E-state index in [-0.39, 0.29) is 0 Å². The van der Waals surface area contributed by atoms with E-state index in [0.717, 1.165) is 28.5 Å². The maximum absolute atomic E-state index is 12.1. The molecule has 0 unspecified atom stereocenters. The van der Waals surface area contributed by atoms with Crippen molar-refractivity contribution in [2.24, 2.45) is 0 Å². The Hall–Kier alpha value is -0.920. The summed E-state index contributed by atoms with van der Waals surface area (Å²) in [6.07, 6.45) is 0.862. The van der Waals surface area contributed by atoms with Gasteiger partial charge in [0.25, 0.3) is 0 Å². The number of nitrogens with zero attached hydrogens (tertiary/aromatic N) is 1. The molecule has 0 aliphatic carbocycles. The molecule has 1 aromatic rings. The summed E-state index contributed by atoms with van der Waals surface area (Å²) in [6, 6.07) is 5.36. The summed E-state index contributed by atoms with van der Waals surface area (Å²) in [5.74, 6) is -1.08. The summed E-state index contributed by atoms with van der Waals surface area (Å²) in [6.45, 7) is 2.78. The van der Waals surface area contributed by atoms with Crippen LogP contribution in [0.3, 0.4) is 0 Å². The van der Waals surface area contributed by atoms with Gasteiger partial charge in [-0.05, 0) is 47.1 Å². The Morgan fingerprint density at radius 3 is 2.75 bits per heavy atom. The van der Waals surface area contributed by atoms with E-state index in [4.69, 9.17) is 0 Å². The molecule has 1 aliphatic heterocycles. The van der Waals surface area contributed by atoms with Gasteiger partial charge in [-0.1, -0.05) is 15.9 Å². The van der Waals surface area contributed by atoms with E-state index in [1.165, 1.54) is 0 Å². The number of amides is 2. The van der Waals surface area contributed by atoms with Crippen molar-refractivity contribution in [3.63, 3.8) is 0 Å². The third-order valence-corrected chi connectivity index (χ3v) is 4.15. The first-order chi connectivity index (χ1) is 9.58. The topological polar surface area (TPSA) is 61.4 Å². The highest BCUT2D eigenvalue weighted by Gasteiger charge is 2.23. The Kier molecular flexibility index (Phi) is 5.56. The summed E-state index contributed by atoms with van der Waals surface area (Å²) in [7, 11) is 0. The van der Waals surface area contributed by atoms with Gasteiger partial charge in [0.05, 0.1) is 5.69 Å². The normalized spacial score (nSPS) is 15.6. The van der Waals surface area contributed by atoms with Gasteiger partial charge in [-0.25, -0.2) is 0 Å². The molecule has 2 amide bonds. The zero-order chi connectivity index (χ0) is 14.5. The Morgan fingerprint density at radius 2 is 2.00 bits per heavy atom. The fraction of sp³-hybridized carbons (Fsp3) is 0.385. The van der Waals surface area contributed by atoms with Crippen molar-refractivity contribution < 1.29 is 9.59 Å². The second-order valence-electron chi connectivity index (χ2n) is 4.47. The molecule has 0 radical (unpaired) electrons. The molecule has 0 spiro atoms. The molecule has 0 atom stereocenters.